The summed E-state index contributed by atoms with van der Waals surface area (Å²) in [6.45, 7) is 2.52. The number of ether oxygens (including phenoxy) is 1. The van der Waals surface area contributed by atoms with Crippen molar-refractivity contribution in [1.82, 2.24) is 15.7 Å². The molecule has 4 N–H and O–H groups in total. The fourth-order valence-corrected chi connectivity index (χ4v) is 3.29. The second-order valence-corrected chi connectivity index (χ2v) is 8.58. The fourth-order valence-electron chi connectivity index (χ4n) is 3.29. The van der Waals surface area contributed by atoms with Gasteiger partial charge in [0, 0.05) is 19.0 Å². The summed E-state index contributed by atoms with van der Waals surface area (Å²) in [6.07, 6.45) is 0.0374. The van der Waals surface area contributed by atoms with E-state index in [1.54, 1.807) is 0 Å². The topological polar surface area (TPSA) is 123 Å². The van der Waals surface area contributed by atoms with Crippen LogP contribution in [-0.2, 0) is 30.4 Å². The Hall–Kier alpha value is -2.96. The van der Waals surface area contributed by atoms with Crippen LogP contribution >= 0.6 is 0 Å². The summed E-state index contributed by atoms with van der Waals surface area (Å²) in [6, 6.07) is 8.74. The first-order chi connectivity index (χ1) is 16.4. The first-order valence-electron chi connectivity index (χ1n) is 11.1. The van der Waals surface area contributed by atoms with Crippen LogP contribution in [-0.4, -0.2) is 66.9 Å². The third kappa shape index (κ3) is 10.0. The van der Waals surface area contributed by atoms with Gasteiger partial charge in [-0.05, 0) is 51.4 Å². The number of esters is 1. The maximum Gasteiger partial charge on any atom is 0.491 e. The lowest BCUT2D eigenvalue weighted by molar-refractivity contribution is -0.219. The minimum atomic E-state index is -5.32. The van der Waals surface area contributed by atoms with Crippen molar-refractivity contribution < 1.29 is 37.1 Å². The smallest absolute Gasteiger partial charge is 0.426 e. The van der Waals surface area contributed by atoms with E-state index in [0.717, 1.165) is 38.4 Å². The van der Waals surface area contributed by atoms with Crippen LogP contribution in [0.25, 0.3) is 0 Å². The highest BCUT2D eigenvalue weighted by molar-refractivity contribution is 5.87. The van der Waals surface area contributed by atoms with Gasteiger partial charge < -0.3 is 19.8 Å². The molecule has 0 unspecified atom stereocenters. The number of hydrogen-bond donors (Lipinski definition) is 3. The number of carbonyl (C=O) groups excluding carboxylic acids is 3. The molecule has 1 saturated heterocycles. The molecule has 9 nitrogen and oxygen atoms in total. The highest BCUT2D eigenvalue weighted by Gasteiger charge is 2.47. The number of benzene rings is 1. The average molecular weight is 501 g/mol. The highest BCUT2D eigenvalue weighted by atomic mass is 19.4. The Labute approximate surface area is 201 Å². The van der Waals surface area contributed by atoms with Gasteiger partial charge in [-0.1, -0.05) is 36.4 Å². The van der Waals surface area contributed by atoms with Gasteiger partial charge in [0.25, 0.3) is 5.72 Å². The van der Waals surface area contributed by atoms with E-state index in [-0.39, 0.29) is 11.9 Å². The van der Waals surface area contributed by atoms with Crippen molar-refractivity contribution in [1.29, 1.82) is 0 Å². The predicted octanol–water partition coefficient (Wildman–Crippen LogP) is 1.58. The van der Waals surface area contributed by atoms with Crippen LogP contribution in [0.15, 0.2) is 42.5 Å². The first kappa shape index (κ1) is 28.3. The summed E-state index contributed by atoms with van der Waals surface area (Å²) in [7, 11) is 2.01. The van der Waals surface area contributed by atoms with E-state index < -0.39 is 29.9 Å². The Balaban J connectivity index is 1.97. The molecule has 0 spiro atoms. The number of aryl methyl sites for hydroxylation is 1. The molecule has 12 heteroatoms. The van der Waals surface area contributed by atoms with Gasteiger partial charge in [-0.25, -0.2) is 9.59 Å². The number of likely N-dealkylation sites (tertiary alicyclic amines) is 1. The SMILES string of the molecule is CN1CCC(NC(=O)/C=C/[C@H](CCc2ccccc2)NOC(=O)[C@@](C)(N)OC(=O)C(F)(F)F)CC1. The summed E-state index contributed by atoms with van der Waals surface area (Å²) >= 11 is 0. The van der Waals surface area contributed by atoms with Gasteiger partial charge in [0.05, 0.1) is 6.04 Å². The molecule has 0 aromatic heterocycles. The van der Waals surface area contributed by atoms with Gasteiger partial charge in [-0.3, -0.25) is 10.5 Å². The molecule has 0 bridgehead atoms. The average Bonchev–Trinajstić information content (AvgIpc) is 2.79. The lowest BCUT2D eigenvalue weighted by Gasteiger charge is -2.29. The molecule has 35 heavy (non-hydrogen) atoms. The van der Waals surface area contributed by atoms with Gasteiger partial charge in [-0.2, -0.15) is 13.2 Å². The van der Waals surface area contributed by atoms with Gasteiger partial charge in [0.1, 0.15) is 0 Å². The van der Waals surface area contributed by atoms with Crippen molar-refractivity contribution in [2.75, 3.05) is 20.1 Å². The number of halogens is 3. The van der Waals surface area contributed by atoms with Crippen LogP contribution in [0.1, 0.15) is 31.7 Å². The zero-order valence-electron chi connectivity index (χ0n) is 19.6. The second kappa shape index (κ2) is 12.7. The molecule has 2 atom stereocenters. The van der Waals surface area contributed by atoms with E-state index in [4.69, 9.17) is 10.6 Å². The lowest BCUT2D eigenvalue weighted by atomic mass is 10.0. The van der Waals surface area contributed by atoms with Crippen LogP contribution in [0.2, 0.25) is 0 Å². The molecule has 1 fully saturated rings. The van der Waals surface area contributed by atoms with E-state index in [2.05, 4.69) is 20.4 Å². The van der Waals surface area contributed by atoms with Gasteiger partial charge in [0.15, 0.2) is 0 Å². The number of alkyl halides is 3. The summed E-state index contributed by atoms with van der Waals surface area (Å²) in [5, 5.41) is 2.92. The molecule has 1 aromatic rings. The van der Waals surface area contributed by atoms with Crippen molar-refractivity contribution in [2.45, 2.75) is 56.6 Å². The van der Waals surface area contributed by atoms with Crippen LogP contribution in [0.5, 0.6) is 0 Å². The first-order valence-corrected chi connectivity index (χ1v) is 11.1. The van der Waals surface area contributed by atoms with Crippen molar-refractivity contribution in [3.8, 4) is 0 Å². The van der Waals surface area contributed by atoms with Gasteiger partial charge in [0.2, 0.25) is 5.91 Å². The molecule has 0 aliphatic carbocycles. The summed E-state index contributed by atoms with van der Waals surface area (Å²) in [4.78, 5) is 42.5. The molecule has 194 valence electrons. The van der Waals surface area contributed by atoms with Crippen molar-refractivity contribution in [3.63, 3.8) is 0 Å². The van der Waals surface area contributed by atoms with Crippen molar-refractivity contribution in [3.05, 3.63) is 48.0 Å². The molecule has 1 aliphatic rings. The molecule has 0 saturated carbocycles. The Morgan fingerprint density at radius 2 is 1.80 bits per heavy atom. The number of amides is 1. The monoisotopic (exact) mass is 500 g/mol. The van der Waals surface area contributed by atoms with Crippen LogP contribution < -0.4 is 16.5 Å². The Bertz CT molecular complexity index is 885. The maximum atomic E-state index is 12.4. The molecule has 0 radical (unpaired) electrons. The molecule has 1 heterocycles. The summed E-state index contributed by atoms with van der Waals surface area (Å²) < 4.78 is 41.3. The molecular weight excluding hydrogens is 469 g/mol. The largest absolute Gasteiger partial charge is 0.491 e. The maximum absolute atomic E-state index is 12.4. The summed E-state index contributed by atoms with van der Waals surface area (Å²) in [5.41, 5.74) is 6.10. The number of nitrogens with zero attached hydrogens (tertiary/aromatic N) is 1. The Morgan fingerprint density at radius 1 is 1.17 bits per heavy atom. The lowest BCUT2D eigenvalue weighted by Crippen LogP contribution is -2.53. The zero-order valence-corrected chi connectivity index (χ0v) is 19.6. The number of piperidine rings is 1. The fraction of sp³-hybridized carbons (Fsp3) is 0.522. The standard InChI is InChI=1S/C23H31F3N4O5/c1-22(27,34-21(33)23(24,25)26)20(32)35-29-18(9-8-16-6-4-3-5-7-16)10-11-19(31)28-17-12-14-30(2)15-13-17/h3-7,10-11,17-18,29H,8-9,12-15,27H2,1-2H3,(H,28,31)/b11-10+/t18-,22-/m0/s1. The number of rotatable bonds is 10. The van der Waals surface area contributed by atoms with Crippen LogP contribution in [0.3, 0.4) is 0 Å². The minimum Gasteiger partial charge on any atom is -0.426 e. The van der Waals surface area contributed by atoms with E-state index in [0.29, 0.717) is 12.8 Å². The third-order valence-corrected chi connectivity index (χ3v) is 5.38. The van der Waals surface area contributed by atoms with E-state index in [1.165, 1.54) is 12.2 Å². The van der Waals surface area contributed by atoms with Gasteiger partial charge in [-0.15, -0.1) is 5.48 Å². The van der Waals surface area contributed by atoms with E-state index in [1.807, 2.05) is 37.4 Å². The van der Waals surface area contributed by atoms with Gasteiger partial charge >= 0.3 is 18.1 Å². The number of hydrogen-bond acceptors (Lipinski definition) is 8. The highest BCUT2D eigenvalue weighted by Crippen LogP contribution is 2.20. The predicted molar refractivity (Wildman–Crippen MR) is 120 cm³/mol. The Kier molecular flexibility index (Phi) is 10.2. The Morgan fingerprint density at radius 3 is 2.40 bits per heavy atom. The number of nitrogens with two attached hydrogens (primary N) is 1. The summed E-state index contributed by atoms with van der Waals surface area (Å²) in [5.74, 6) is -4.38. The number of hydroxylamine groups is 1. The molecule has 1 amide bonds. The van der Waals surface area contributed by atoms with Crippen molar-refractivity contribution >= 4 is 17.8 Å². The molecule has 2 rings (SSSR count). The molecule has 1 aliphatic heterocycles. The van der Waals surface area contributed by atoms with Crippen LogP contribution in [0, 0.1) is 0 Å². The van der Waals surface area contributed by atoms with E-state index in [9.17, 15) is 27.6 Å². The third-order valence-electron chi connectivity index (χ3n) is 5.38. The molecule has 1 aromatic carbocycles. The number of nitrogens with one attached hydrogen (secondary N) is 2. The minimum absolute atomic E-state index is 0.0539. The molecular formula is C23H31F3N4O5. The second-order valence-electron chi connectivity index (χ2n) is 8.58. The number of carbonyl (C=O) groups is 3. The van der Waals surface area contributed by atoms with Crippen LogP contribution in [0.4, 0.5) is 13.2 Å². The zero-order chi connectivity index (χ0) is 26.1. The van der Waals surface area contributed by atoms with Crippen molar-refractivity contribution in [2.24, 2.45) is 5.73 Å². The van der Waals surface area contributed by atoms with E-state index >= 15 is 0 Å². The quantitative estimate of drug-likeness (QED) is 0.192. The normalized spacial score (nSPS) is 18.0.